The third kappa shape index (κ3) is 5.42. The summed E-state index contributed by atoms with van der Waals surface area (Å²) in [7, 11) is 0. The third-order valence-electron chi connectivity index (χ3n) is 3.97. The van der Waals surface area contributed by atoms with E-state index in [2.05, 4.69) is 20.2 Å². The standard InChI is InChI=1S/C18H23F3N4/c1-4-25(5-2)11-10-22-17-23-15(12-16(24-17)18(19,20)21)14-8-6-13(3)7-9-14/h6-9,12H,4-5,10-11H2,1-3H3,(H,22,23,24). The number of aromatic nitrogens is 2. The first-order valence-electron chi connectivity index (χ1n) is 8.33. The maximum absolute atomic E-state index is 13.2. The predicted octanol–water partition coefficient (Wildman–Crippen LogP) is 4.22. The molecule has 0 aliphatic rings. The minimum absolute atomic E-state index is 0.00226. The minimum Gasteiger partial charge on any atom is -0.353 e. The average Bonchev–Trinajstić information content (AvgIpc) is 2.58. The smallest absolute Gasteiger partial charge is 0.353 e. The van der Waals surface area contributed by atoms with Crippen LogP contribution in [0.2, 0.25) is 0 Å². The number of anilines is 1. The number of hydrogen-bond acceptors (Lipinski definition) is 4. The number of rotatable bonds is 7. The van der Waals surface area contributed by atoms with Crippen molar-refractivity contribution in [3.63, 3.8) is 0 Å². The lowest BCUT2D eigenvalue weighted by Crippen LogP contribution is -2.29. The third-order valence-corrected chi connectivity index (χ3v) is 3.97. The zero-order chi connectivity index (χ0) is 18.4. The van der Waals surface area contributed by atoms with Crippen LogP contribution in [0, 0.1) is 6.92 Å². The molecule has 1 N–H and O–H groups in total. The molecule has 1 aromatic carbocycles. The number of benzene rings is 1. The van der Waals surface area contributed by atoms with Gasteiger partial charge in [0, 0.05) is 18.7 Å². The molecule has 0 fully saturated rings. The molecule has 136 valence electrons. The van der Waals surface area contributed by atoms with Gasteiger partial charge in [-0.15, -0.1) is 0 Å². The van der Waals surface area contributed by atoms with Crippen molar-refractivity contribution in [1.82, 2.24) is 14.9 Å². The summed E-state index contributed by atoms with van der Waals surface area (Å²) in [5.74, 6) is -0.00226. The first-order chi connectivity index (χ1) is 11.8. The van der Waals surface area contributed by atoms with E-state index in [4.69, 9.17) is 0 Å². The van der Waals surface area contributed by atoms with Crippen molar-refractivity contribution >= 4 is 5.95 Å². The number of nitrogens with zero attached hydrogens (tertiary/aromatic N) is 3. The van der Waals surface area contributed by atoms with Gasteiger partial charge in [-0.2, -0.15) is 13.2 Å². The summed E-state index contributed by atoms with van der Waals surface area (Å²) in [5.41, 5.74) is 0.979. The lowest BCUT2D eigenvalue weighted by Gasteiger charge is -2.18. The summed E-state index contributed by atoms with van der Waals surface area (Å²) in [6.45, 7) is 8.97. The van der Waals surface area contributed by atoms with Crippen molar-refractivity contribution < 1.29 is 13.2 Å². The molecule has 0 aliphatic heterocycles. The Morgan fingerprint density at radius 2 is 1.68 bits per heavy atom. The second-order valence-electron chi connectivity index (χ2n) is 5.78. The van der Waals surface area contributed by atoms with Crippen molar-refractivity contribution in [2.24, 2.45) is 0 Å². The van der Waals surface area contributed by atoms with Crippen LogP contribution in [0.1, 0.15) is 25.1 Å². The van der Waals surface area contributed by atoms with Gasteiger partial charge in [0.05, 0.1) is 5.69 Å². The van der Waals surface area contributed by atoms with Crippen LogP contribution in [-0.4, -0.2) is 41.0 Å². The highest BCUT2D eigenvalue weighted by molar-refractivity contribution is 5.61. The largest absolute Gasteiger partial charge is 0.433 e. The normalized spacial score (nSPS) is 11.8. The average molecular weight is 352 g/mol. The van der Waals surface area contributed by atoms with Gasteiger partial charge in [0.2, 0.25) is 5.95 Å². The van der Waals surface area contributed by atoms with Gasteiger partial charge in [-0.25, -0.2) is 9.97 Å². The highest BCUT2D eigenvalue weighted by Crippen LogP contribution is 2.31. The fourth-order valence-electron chi connectivity index (χ4n) is 2.41. The quantitative estimate of drug-likeness (QED) is 0.810. The second kappa shape index (κ2) is 8.29. The number of nitrogens with one attached hydrogen (secondary N) is 1. The van der Waals surface area contributed by atoms with E-state index < -0.39 is 11.9 Å². The van der Waals surface area contributed by atoms with E-state index in [9.17, 15) is 13.2 Å². The summed E-state index contributed by atoms with van der Waals surface area (Å²) in [5, 5.41) is 2.91. The van der Waals surface area contributed by atoms with E-state index >= 15 is 0 Å². The molecule has 0 unspecified atom stereocenters. The van der Waals surface area contributed by atoms with Gasteiger partial charge in [-0.05, 0) is 26.1 Å². The molecule has 0 aliphatic carbocycles. The molecule has 2 aromatic rings. The highest BCUT2D eigenvalue weighted by Gasteiger charge is 2.33. The molecule has 1 aromatic heterocycles. The minimum atomic E-state index is -4.52. The Morgan fingerprint density at radius 1 is 1.04 bits per heavy atom. The lowest BCUT2D eigenvalue weighted by atomic mass is 10.1. The molecule has 0 radical (unpaired) electrons. The SMILES string of the molecule is CCN(CC)CCNc1nc(-c2ccc(C)cc2)cc(C(F)(F)F)n1. The van der Waals surface area contributed by atoms with Crippen LogP contribution in [0.25, 0.3) is 11.3 Å². The summed E-state index contributed by atoms with van der Waals surface area (Å²) in [6, 6.07) is 8.20. The molecule has 0 spiro atoms. The monoisotopic (exact) mass is 352 g/mol. The molecule has 0 saturated heterocycles. The highest BCUT2D eigenvalue weighted by atomic mass is 19.4. The molecule has 0 amide bonds. The molecule has 0 bridgehead atoms. The fourth-order valence-corrected chi connectivity index (χ4v) is 2.41. The van der Waals surface area contributed by atoms with Crippen LogP contribution in [0.5, 0.6) is 0 Å². The summed E-state index contributed by atoms with van der Waals surface area (Å²) in [4.78, 5) is 10.1. The van der Waals surface area contributed by atoms with E-state index in [1.807, 2.05) is 32.9 Å². The molecule has 0 atom stereocenters. The van der Waals surface area contributed by atoms with Crippen LogP contribution >= 0.6 is 0 Å². The first kappa shape index (κ1) is 19.2. The molecular formula is C18H23F3N4. The summed E-state index contributed by atoms with van der Waals surface area (Å²) < 4.78 is 39.5. The Balaban J connectivity index is 2.26. The number of hydrogen-bond donors (Lipinski definition) is 1. The molecule has 25 heavy (non-hydrogen) atoms. The zero-order valence-electron chi connectivity index (χ0n) is 14.7. The molecular weight excluding hydrogens is 329 g/mol. The van der Waals surface area contributed by atoms with Crippen molar-refractivity contribution in [2.75, 3.05) is 31.5 Å². The Bertz CT molecular complexity index is 680. The Hall–Kier alpha value is -2.15. The predicted molar refractivity (Wildman–Crippen MR) is 93.5 cm³/mol. The summed E-state index contributed by atoms with van der Waals surface area (Å²) >= 11 is 0. The van der Waals surface area contributed by atoms with Crippen molar-refractivity contribution in [2.45, 2.75) is 26.9 Å². The number of likely N-dealkylation sites (N-methyl/N-ethyl adjacent to an activating group) is 1. The van der Waals surface area contributed by atoms with E-state index in [0.717, 1.165) is 24.7 Å². The van der Waals surface area contributed by atoms with Gasteiger partial charge < -0.3 is 10.2 Å². The molecule has 1 heterocycles. The van der Waals surface area contributed by atoms with E-state index in [0.29, 0.717) is 18.7 Å². The lowest BCUT2D eigenvalue weighted by molar-refractivity contribution is -0.141. The maximum atomic E-state index is 13.2. The fraction of sp³-hybridized carbons (Fsp3) is 0.444. The van der Waals surface area contributed by atoms with Gasteiger partial charge in [0.1, 0.15) is 0 Å². The maximum Gasteiger partial charge on any atom is 0.433 e. The van der Waals surface area contributed by atoms with E-state index in [1.165, 1.54) is 0 Å². The molecule has 0 saturated carbocycles. The molecule has 2 rings (SSSR count). The van der Waals surface area contributed by atoms with Gasteiger partial charge >= 0.3 is 6.18 Å². The van der Waals surface area contributed by atoms with Crippen LogP contribution in [-0.2, 0) is 6.18 Å². The topological polar surface area (TPSA) is 41.0 Å². The first-order valence-corrected chi connectivity index (χ1v) is 8.33. The second-order valence-corrected chi connectivity index (χ2v) is 5.78. The number of alkyl halides is 3. The van der Waals surface area contributed by atoms with Crippen molar-refractivity contribution in [1.29, 1.82) is 0 Å². The van der Waals surface area contributed by atoms with Crippen molar-refractivity contribution in [3.05, 3.63) is 41.6 Å². The molecule has 4 nitrogen and oxygen atoms in total. The summed E-state index contributed by atoms with van der Waals surface area (Å²) in [6.07, 6.45) is -4.52. The Morgan fingerprint density at radius 3 is 2.24 bits per heavy atom. The Kier molecular flexibility index (Phi) is 6.36. The van der Waals surface area contributed by atoms with Crippen LogP contribution < -0.4 is 5.32 Å². The van der Waals surface area contributed by atoms with E-state index in [-0.39, 0.29) is 11.6 Å². The molecule has 7 heteroatoms. The van der Waals surface area contributed by atoms with Crippen LogP contribution in [0.3, 0.4) is 0 Å². The Labute approximate surface area is 146 Å². The van der Waals surface area contributed by atoms with E-state index in [1.54, 1.807) is 12.1 Å². The number of halogens is 3. The number of aryl methyl sites for hydroxylation is 1. The van der Waals surface area contributed by atoms with Crippen LogP contribution in [0.15, 0.2) is 30.3 Å². The van der Waals surface area contributed by atoms with Gasteiger partial charge in [-0.3, -0.25) is 0 Å². The van der Waals surface area contributed by atoms with Gasteiger partial charge in [0.15, 0.2) is 5.69 Å². The van der Waals surface area contributed by atoms with Gasteiger partial charge in [-0.1, -0.05) is 43.7 Å². The zero-order valence-corrected chi connectivity index (χ0v) is 14.7. The van der Waals surface area contributed by atoms with Gasteiger partial charge in [0.25, 0.3) is 0 Å². The van der Waals surface area contributed by atoms with Crippen molar-refractivity contribution in [3.8, 4) is 11.3 Å². The van der Waals surface area contributed by atoms with Crippen LogP contribution in [0.4, 0.5) is 19.1 Å².